The summed E-state index contributed by atoms with van der Waals surface area (Å²) in [5.41, 5.74) is 0. The van der Waals surface area contributed by atoms with Gasteiger partial charge in [-0.05, 0) is 12.8 Å². The number of sulfonamides is 1. The number of rotatable bonds is 6. The number of amides is 1. The predicted octanol–water partition coefficient (Wildman–Crippen LogP) is -0.100. The van der Waals surface area contributed by atoms with E-state index in [0.29, 0.717) is 19.4 Å². The largest absolute Gasteiger partial charge is 0.480 e. The minimum absolute atomic E-state index is 0.0826. The molecule has 7 nitrogen and oxygen atoms in total. The Labute approximate surface area is 118 Å². The zero-order chi connectivity index (χ0) is 15.3. The van der Waals surface area contributed by atoms with Crippen LogP contribution in [0.2, 0.25) is 0 Å². The van der Waals surface area contributed by atoms with Gasteiger partial charge in [-0.15, -0.1) is 6.58 Å². The molecule has 1 unspecified atom stereocenters. The van der Waals surface area contributed by atoms with E-state index in [-0.39, 0.29) is 6.54 Å². The van der Waals surface area contributed by atoms with Gasteiger partial charge in [-0.2, -0.15) is 4.31 Å². The van der Waals surface area contributed by atoms with Crippen molar-refractivity contribution in [1.29, 1.82) is 0 Å². The Bertz CT molecular complexity index is 488. The number of carbonyl (C=O) groups is 2. The van der Waals surface area contributed by atoms with Crippen molar-refractivity contribution in [1.82, 2.24) is 9.21 Å². The van der Waals surface area contributed by atoms with Gasteiger partial charge in [0.15, 0.2) is 0 Å². The molecular formula is C12H20N2O5S. The van der Waals surface area contributed by atoms with Crippen LogP contribution in [-0.2, 0) is 19.6 Å². The van der Waals surface area contributed by atoms with Crippen LogP contribution in [0.5, 0.6) is 0 Å². The van der Waals surface area contributed by atoms with Gasteiger partial charge < -0.3 is 10.0 Å². The second-order valence-corrected chi connectivity index (χ2v) is 6.72. The molecule has 0 radical (unpaired) electrons. The molecule has 0 aliphatic carbocycles. The van der Waals surface area contributed by atoms with Crippen LogP contribution >= 0.6 is 0 Å². The van der Waals surface area contributed by atoms with E-state index in [1.54, 1.807) is 0 Å². The van der Waals surface area contributed by atoms with E-state index in [1.165, 1.54) is 6.08 Å². The summed E-state index contributed by atoms with van der Waals surface area (Å²) in [6.07, 6.45) is 4.36. The van der Waals surface area contributed by atoms with E-state index >= 15 is 0 Å². The van der Waals surface area contributed by atoms with Gasteiger partial charge in [0.05, 0.1) is 6.26 Å². The number of carbonyl (C=O) groups excluding carboxylic acids is 1. The molecule has 20 heavy (non-hydrogen) atoms. The predicted molar refractivity (Wildman–Crippen MR) is 73.6 cm³/mol. The van der Waals surface area contributed by atoms with Crippen molar-refractivity contribution in [2.45, 2.75) is 25.3 Å². The fraction of sp³-hybridized carbons (Fsp3) is 0.667. The average molecular weight is 304 g/mol. The van der Waals surface area contributed by atoms with Crippen LogP contribution in [0.3, 0.4) is 0 Å². The van der Waals surface area contributed by atoms with Gasteiger partial charge in [0.2, 0.25) is 15.9 Å². The van der Waals surface area contributed by atoms with E-state index < -0.39 is 34.5 Å². The van der Waals surface area contributed by atoms with Crippen LogP contribution in [0, 0.1) is 0 Å². The minimum atomic E-state index is -3.48. The number of aliphatic carboxylic acids is 1. The summed E-state index contributed by atoms with van der Waals surface area (Å²) in [5.74, 6) is -1.61. The maximum absolute atomic E-state index is 12.4. The van der Waals surface area contributed by atoms with Crippen LogP contribution < -0.4 is 0 Å². The highest BCUT2D eigenvalue weighted by molar-refractivity contribution is 7.88. The molecule has 1 atom stereocenters. The summed E-state index contributed by atoms with van der Waals surface area (Å²) >= 11 is 0. The number of piperidine rings is 1. The summed E-state index contributed by atoms with van der Waals surface area (Å²) in [5, 5.41) is 8.82. The van der Waals surface area contributed by atoms with E-state index in [1.807, 2.05) is 0 Å². The first-order chi connectivity index (χ1) is 9.27. The lowest BCUT2D eigenvalue weighted by Gasteiger charge is -2.35. The summed E-state index contributed by atoms with van der Waals surface area (Å²) in [6.45, 7) is 3.40. The van der Waals surface area contributed by atoms with Crippen molar-refractivity contribution >= 4 is 21.9 Å². The molecule has 1 saturated heterocycles. The number of hydrogen-bond donors (Lipinski definition) is 1. The highest BCUT2D eigenvalue weighted by atomic mass is 32.2. The Morgan fingerprint density at radius 3 is 2.60 bits per heavy atom. The first kappa shape index (κ1) is 16.6. The van der Waals surface area contributed by atoms with E-state index in [2.05, 4.69) is 6.58 Å². The average Bonchev–Trinajstić information content (AvgIpc) is 2.36. The molecule has 0 bridgehead atoms. The molecule has 1 aliphatic rings. The Kier molecular flexibility index (Phi) is 5.70. The molecule has 1 rings (SSSR count). The zero-order valence-corrected chi connectivity index (χ0v) is 12.3. The maximum atomic E-state index is 12.4. The normalized spacial score (nSPS) is 20.4. The van der Waals surface area contributed by atoms with Crippen molar-refractivity contribution in [3.05, 3.63) is 12.7 Å². The molecule has 0 spiro atoms. The van der Waals surface area contributed by atoms with Crippen LogP contribution in [0.1, 0.15) is 19.3 Å². The monoisotopic (exact) mass is 304 g/mol. The van der Waals surface area contributed by atoms with Crippen LogP contribution in [0.15, 0.2) is 12.7 Å². The van der Waals surface area contributed by atoms with Crippen LogP contribution in [0.25, 0.3) is 0 Å². The highest BCUT2D eigenvalue weighted by Gasteiger charge is 2.36. The first-order valence-corrected chi connectivity index (χ1v) is 8.20. The van der Waals surface area contributed by atoms with Gasteiger partial charge in [-0.3, -0.25) is 9.59 Å². The smallest absolute Gasteiger partial charge is 0.323 e. The fourth-order valence-electron chi connectivity index (χ4n) is 2.31. The highest BCUT2D eigenvalue weighted by Crippen LogP contribution is 2.21. The first-order valence-electron chi connectivity index (χ1n) is 6.35. The summed E-state index contributed by atoms with van der Waals surface area (Å²) in [4.78, 5) is 24.3. The lowest BCUT2D eigenvalue weighted by Crippen LogP contribution is -2.53. The topological polar surface area (TPSA) is 95.0 Å². The second-order valence-electron chi connectivity index (χ2n) is 4.79. The molecule has 1 fully saturated rings. The molecular weight excluding hydrogens is 284 g/mol. The minimum Gasteiger partial charge on any atom is -0.480 e. The molecule has 0 aromatic rings. The summed E-state index contributed by atoms with van der Waals surface area (Å²) in [6, 6.07) is -0.807. The van der Waals surface area contributed by atoms with E-state index in [4.69, 9.17) is 5.11 Å². The van der Waals surface area contributed by atoms with Crippen molar-refractivity contribution in [2.24, 2.45) is 0 Å². The van der Waals surface area contributed by atoms with Crippen molar-refractivity contribution < 1.29 is 23.1 Å². The van der Waals surface area contributed by atoms with Gasteiger partial charge in [0.1, 0.15) is 12.6 Å². The molecule has 1 heterocycles. The Hall–Kier alpha value is -1.41. The lowest BCUT2D eigenvalue weighted by molar-refractivity contribution is -0.146. The molecule has 1 amide bonds. The van der Waals surface area contributed by atoms with E-state index in [0.717, 1.165) is 21.9 Å². The quantitative estimate of drug-likeness (QED) is 0.691. The third-order valence-corrected chi connectivity index (χ3v) is 4.44. The van der Waals surface area contributed by atoms with Crippen molar-refractivity contribution in [3.8, 4) is 0 Å². The Balaban J connectivity index is 2.94. The Morgan fingerprint density at radius 1 is 1.45 bits per heavy atom. The van der Waals surface area contributed by atoms with Crippen LogP contribution in [0.4, 0.5) is 0 Å². The number of carboxylic acids is 1. The molecule has 8 heteroatoms. The molecule has 114 valence electrons. The maximum Gasteiger partial charge on any atom is 0.323 e. The van der Waals surface area contributed by atoms with Gasteiger partial charge in [0, 0.05) is 13.1 Å². The van der Waals surface area contributed by atoms with Gasteiger partial charge >= 0.3 is 5.97 Å². The lowest BCUT2D eigenvalue weighted by atomic mass is 10.0. The van der Waals surface area contributed by atoms with Gasteiger partial charge in [-0.25, -0.2) is 8.42 Å². The van der Waals surface area contributed by atoms with Crippen molar-refractivity contribution in [2.75, 3.05) is 25.9 Å². The van der Waals surface area contributed by atoms with E-state index in [9.17, 15) is 18.0 Å². The number of hydrogen-bond acceptors (Lipinski definition) is 4. The van der Waals surface area contributed by atoms with Crippen molar-refractivity contribution in [3.63, 3.8) is 0 Å². The standard InChI is InChI=1S/C12H20N2O5S/c1-3-7-13(9-11(15)16)12(17)10-6-4-5-8-14(10)20(2,18)19/h3,10H,1,4-9H2,2H3,(H,15,16). The third-order valence-electron chi connectivity index (χ3n) is 3.15. The summed E-state index contributed by atoms with van der Waals surface area (Å²) < 4.78 is 24.6. The second kappa shape index (κ2) is 6.85. The molecule has 1 N–H and O–H groups in total. The molecule has 0 aromatic heterocycles. The SMILES string of the molecule is C=CCN(CC(=O)O)C(=O)C1CCCCN1S(C)(=O)=O. The van der Waals surface area contributed by atoms with Gasteiger partial charge in [-0.1, -0.05) is 12.5 Å². The van der Waals surface area contributed by atoms with Crippen LogP contribution in [-0.4, -0.2) is 66.5 Å². The fourth-order valence-corrected chi connectivity index (χ4v) is 3.43. The number of nitrogens with zero attached hydrogens (tertiary/aromatic N) is 2. The van der Waals surface area contributed by atoms with Gasteiger partial charge in [0.25, 0.3) is 0 Å². The third kappa shape index (κ3) is 4.31. The zero-order valence-electron chi connectivity index (χ0n) is 11.5. The number of carboxylic acid groups (broad SMARTS) is 1. The molecule has 0 saturated carbocycles. The molecule has 1 aliphatic heterocycles. The molecule has 0 aromatic carbocycles. The Morgan fingerprint density at radius 2 is 2.10 bits per heavy atom. The summed E-state index contributed by atoms with van der Waals surface area (Å²) in [7, 11) is -3.48.